The highest BCUT2D eigenvalue weighted by Crippen LogP contribution is 2.22. The van der Waals surface area contributed by atoms with Crippen molar-refractivity contribution >= 4 is 17.8 Å². The van der Waals surface area contributed by atoms with E-state index in [4.69, 9.17) is 5.11 Å². The van der Waals surface area contributed by atoms with Crippen LogP contribution in [0.1, 0.15) is 33.6 Å². The Kier molecular flexibility index (Phi) is 4.91. The maximum absolute atomic E-state index is 12.1. The molecule has 1 saturated heterocycles. The first-order valence-corrected chi connectivity index (χ1v) is 6.51. The van der Waals surface area contributed by atoms with Crippen LogP contribution in [0.2, 0.25) is 0 Å². The number of carboxylic acids is 1. The van der Waals surface area contributed by atoms with Crippen LogP contribution >= 0.6 is 0 Å². The van der Waals surface area contributed by atoms with Crippen LogP contribution in [-0.2, 0) is 14.4 Å². The average Bonchev–Trinajstić information content (AvgIpc) is 2.53. The average molecular weight is 270 g/mol. The van der Waals surface area contributed by atoms with Gasteiger partial charge in [0, 0.05) is 39.5 Å². The number of nitrogens with zero attached hydrogens (tertiary/aromatic N) is 2. The van der Waals surface area contributed by atoms with Gasteiger partial charge in [0.15, 0.2) is 0 Å². The third-order valence-electron chi connectivity index (χ3n) is 3.47. The molecule has 0 spiro atoms. The fraction of sp³-hybridized carbons (Fsp3) is 0.769. The maximum atomic E-state index is 12.1. The fourth-order valence-corrected chi connectivity index (χ4v) is 2.05. The van der Waals surface area contributed by atoms with Crippen LogP contribution in [0.25, 0.3) is 0 Å². The van der Waals surface area contributed by atoms with Gasteiger partial charge in [0.25, 0.3) is 0 Å². The molecule has 0 aliphatic carbocycles. The molecule has 2 amide bonds. The van der Waals surface area contributed by atoms with Gasteiger partial charge in [-0.05, 0) is 20.3 Å². The molecule has 1 aliphatic rings. The molecule has 1 aliphatic heterocycles. The molecule has 108 valence electrons. The first kappa shape index (κ1) is 15.5. The van der Waals surface area contributed by atoms with Crippen LogP contribution in [0.15, 0.2) is 0 Å². The third-order valence-corrected chi connectivity index (χ3v) is 3.47. The Morgan fingerprint density at radius 3 is 2.11 bits per heavy atom. The normalized spacial score (nSPS) is 17.0. The lowest BCUT2D eigenvalue weighted by Crippen LogP contribution is -2.39. The van der Waals surface area contributed by atoms with Gasteiger partial charge in [-0.1, -0.05) is 0 Å². The molecule has 0 aromatic rings. The van der Waals surface area contributed by atoms with Gasteiger partial charge >= 0.3 is 5.97 Å². The van der Waals surface area contributed by atoms with E-state index >= 15 is 0 Å². The number of aliphatic carboxylic acids is 1. The molecule has 0 unspecified atom stereocenters. The van der Waals surface area contributed by atoms with Gasteiger partial charge in [-0.15, -0.1) is 0 Å². The van der Waals surface area contributed by atoms with E-state index in [0.717, 1.165) is 6.42 Å². The third kappa shape index (κ3) is 4.22. The molecular formula is C13H22N2O4. The minimum Gasteiger partial charge on any atom is -0.481 e. The first-order chi connectivity index (χ1) is 8.74. The molecule has 1 heterocycles. The summed E-state index contributed by atoms with van der Waals surface area (Å²) >= 11 is 0. The van der Waals surface area contributed by atoms with Crippen LogP contribution in [0.5, 0.6) is 0 Å². The molecule has 0 bridgehead atoms. The zero-order chi connectivity index (χ0) is 14.6. The Morgan fingerprint density at radius 2 is 1.58 bits per heavy atom. The molecule has 0 atom stereocenters. The highest BCUT2D eigenvalue weighted by molar-refractivity contribution is 5.84. The molecule has 19 heavy (non-hydrogen) atoms. The molecule has 0 radical (unpaired) electrons. The number of hydrogen-bond acceptors (Lipinski definition) is 3. The summed E-state index contributed by atoms with van der Waals surface area (Å²) in [5.74, 6) is -1.11. The van der Waals surface area contributed by atoms with Crippen LogP contribution < -0.4 is 0 Å². The highest BCUT2D eigenvalue weighted by Gasteiger charge is 2.32. The Balaban J connectivity index is 2.59. The fourth-order valence-electron chi connectivity index (χ4n) is 2.05. The smallest absolute Gasteiger partial charge is 0.309 e. The summed E-state index contributed by atoms with van der Waals surface area (Å²) in [4.78, 5) is 37.8. The number of carboxylic acid groups (broad SMARTS) is 1. The number of carbonyl (C=O) groups excluding carboxylic acids is 2. The van der Waals surface area contributed by atoms with E-state index in [0.29, 0.717) is 26.2 Å². The second-order valence-corrected chi connectivity index (χ2v) is 5.61. The van der Waals surface area contributed by atoms with Gasteiger partial charge in [0.05, 0.1) is 5.41 Å². The van der Waals surface area contributed by atoms with Crippen LogP contribution in [0.3, 0.4) is 0 Å². The lowest BCUT2D eigenvalue weighted by Gasteiger charge is -2.25. The minimum atomic E-state index is -1.05. The van der Waals surface area contributed by atoms with E-state index in [1.165, 1.54) is 6.92 Å². The Labute approximate surface area is 113 Å². The molecule has 6 nitrogen and oxygen atoms in total. The van der Waals surface area contributed by atoms with E-state index in [1.807, 2.05) is 0 Å². The van der Waals surface area contributed by atoms with Crippen molar-refractivity contribution in [1.29, 1.82) is 0 Å². The van der Waals surface area contributed by atoms with Crippen molar-refractivity contribution in [1.82, 2.24) is 9.80 Å². The number of hydrogen-bond donors (Lipinski definition) is 1. The van der Waals surface area contributed by atoms with Gasteiger partial charge in [-0.3, -0.25) is 14.4 Å². The van der Waals surface area contributed by atoms with Crippen molar-refractivity contribution in [3.8, 4) is 0 Å². The van der Waals surface area contributed by atoms with Crippen LogP contribution in [0, 0.1) is 5.41 Å². The molecule has 1 fully saturated rings. The topological polar surface area (TPSA) is 77.9 Å². The molecule has 0 aromatic carbocycles. The minimum absolute atomic E-state index is 0.0115. The van der Waals surface area contributed by atoms with E-state index < -0.39 is 11.4 Å². The van der Waals surface area contributed by atoms with Crippen molar-refractivity contribution in [3.05, 3.63) is 0 Å². The monoisotopic (exact) mass is 270 g/mol. The van der Waals surface area contributed by atoms with Gasteiger partial charge in [0.2, 0.25) is 11.8 Å². The van der Waals surface area contributed by atoms with Crippen molar-refractivity contribution in [2.75, 3.05) is 26.2 Å². The van der Waals surface area contributed by atoms with Gasteiger partial charge < -0.3 is 14.9 Å². The summed E-state index contributed by atoms with van der Waals surface area (Å²) in [6.45, 7) is 6.85. The predicted molar refractivity (Wildman–Crippen MR) is 69.5 cm³/mol. The van der Waals surface area contributed by atoms with Crippen molar-refractivity contribution in [2.24, 2.45) is 5.41 Å². The first-order valence-electron chi connectivity index (χ1n) is 6.51. The molecule has 1 N–H and O–H groups in total. The largest absolute Gasteiger partial charge is 0.481 e. The number of carbonyl (C=O) groups is 3. The van der Waals surface area contributed by atoms with Crippen molar-refractivity contribution in [3.63, 3.8) is 0 Å². The van der Waals surface area contributed by atoms with E-state index in [9.17, 15) is 14.4 Å². The highest BCUT2D eigenvalue weighted by atomic mass is 16.4. The summed E-state index contributed by atoms with van der Waals surface area (Å²) in [5.41, 5.74) is -1.05. The second kappa shape index (κ2) is 6.04. The van der Waals surface area contributed by atoms with E-state index in [-0.39, 0.29) is 18.2 Å². The Morgan fingerprint density at radius 1 is 1.05 bits per heavy atom. The van der Waals surface area contributed by atoms with E-state index in [2.05, 4.69) is 0 Å². The predicted octanol–water partition coefficient (Wildman–Crippen LogP) is 0.568. The number of rotatable bonds is 3. The molecular weight excluding hydrogens is 248 g/mol. The standard InChI is InChI=1S/C13H22N2O4/c1-10(16)14-5-4-6-15(8-7-14)11(17)9-13(2,3)12(18)19/h4-9H2,1-3H3,(H,18,19). The Bertz CT molecular complexity index is 379. The lowest BCUT2D eigenvalue weighted by atomic mass is 9.89. The molecule has 1 rings (SSSR count). The Hall–Kier alpha value is -1.59. The summed E-state index contributed by atoms with van der Waals surface area (Å²) in [7, 11) is 0. The quantitative estimate of drug-likeness (QED) is 0.813. The van der Waals surface area contributed by atoms with Gasteiger partial charge in [-0.2, -0.15) is 0 Å². The molecule has 0 aromatic heterocycles. The SMILES string of the molecule is CC(=O)N1CCCN(C(=O)CC(C)(C)C(=O)O)CC1. The van der Waals surface area contributed by atoms with Gasteiger partial charge in [0.1, 0.15) is 0 Å². The lowest BCUT2D eigenvalue weighted by molar-refractivity contribution is -0.151. The van der Waals surface area contributed by atoms with Crippen molar-refractivity contribution in [2.45, 2.75) is 33.6 Å². The second-order valence-electron chi connectivity index (χ2n) is 5.61. The number of amides is 2. The van der Waals surface area contributed by atoms with E-state index in [1.54, 1.807) is 23.6 Å². The molecule has 0 saturated carbocycles. The van der Waals surface area contributed by atoms with Crippen molar-refractivity contribution < 1.29 is 19.5 Å². The van der Waals surface area contributed by atoms with Gasteiger partial charge in [-0.25, -0.2) is 0 Å². The van der Waals surface area contributed by atoms with Crippen LogP contribution in [-0.4, -0.2) is 58.9 Å². The summed E-state index contributed by atoms with van der Waals surface area (Å²) in [6, 6.07) is 0. The zero-order valence-electron chi connectivity index (χ0n) is 11.8. The zero-order valence-corrected chi connectivity index (χ0v) is 11.8. The maximum Gasteiger partial charge on any atom is 0.309 e. The molecule has 6 heteroatoms. The van der Waals surface area contributed by atoms with Crippen LogP contribution in [0.4, 0.5) is 0 Å². The summed E-state index contributed by atoms with van der Waals surface area (Å²) < 4.78 is 0. The summed E-state index contributed by atoms with van der Waals surface area (Å²) in [5, 5.41) is 9.04. The summed E-state index contributed by atoms with van der Waals surface area (Å²) in [6.07, 6.45) is 0.723.